The Kier molecular flexibility index (Phi) is 5.74. The van der Waals surface area contributed by atoms with Crippen LogP contribution in [0.5, 0.6) is 5.75 Å². The molecule has 0 amide bonds. The summed E-state index contributed by atoms with van der Waals surface area (Å²) >= 11 is 0. The second-order valence-electron chi connectivity index (χ2n) is 5.03. The smallest absolute Gasteiger partial charge is 0.127 e. The highest BCUT2D eigenvalue weighted by Crippen LogP contribution is 2.19. The van der Waals surface area contributed by atoms with Crippen molar-refractivity contribution in [2.75, 3.05) is 6.61 Å². The number of fused-ring (bicyclic) bond motifs is 1. The third kappa shape index (κ3) is 4.59. The van der Waals surface area contributed by atoms with Gasteiger partial charge < -0.3 is 4.74 Å². The van der Waals surface area contributed by atoms with Crippen molar-refractivity contribution in [3.63, 3.8) is 0 Å². The number of ether oxygens (including phenoxy) is 1. The number of hydrogen-bond donors (Lipinski definition) is 0. The van der Waals surface area contributed by atoms with Crippen LogP contribution in [0.25, 0.3) is 10.8 Å². The maximum absolute atomic E-state index is 5.77. The lowest BCUT2D eigenvalue weighted by Crippen LogP contribution is -1.97. The SMILES string of the molecule is CCCCCCCCOc1[c]c2ccccc2cc1. The summed E-state index contributed by atoms with van der Waals surface area (Å²) in [7, 11) is 0. The third-order valence-corrected chi connectivity index (χ3v) is 3.39. The Morgan fingerprint density at radius 1 is 0.895 bits per heavy atom. The first-order valence-electron chi connectivity index (χ1n) is 7.44. The zero-order valence-electron chi connectivity index (χ0n) is 11.8. The highest BCUT2D eigenvalue weighted by Gasteiger charge is 1.97. The zero-order valence-corrected chi connectivity index (χ0v) is 11.8. The molecule has 0 N–H and O–H groups in total. The molecule has 1 heteroatoms. The van der Waals surface area contributed by atoms with E-state index in [1.165, 1.54) is 37.5 Å². The van der Waals surface area contributed by atoms with Crippen LogP contribution in [-0.2, 0) is 0 Å². The largest absolute Gasteiger partial charge is 0.493 e. The second kappa shape index (κ2) is 7.83. The predicted octanol–water partition coefficient (Wildman–Crippen LogP) is 5.38. The fourth-order valence-corrected chi connectivity index (χ4v) is 2.24. The van der Waals surface area contributed by atoms with Gasteiger partial charge in [-0.3, -0.25) is 0 Å². The van der Waals surface area contributed by atoms with Gasteiger partial charge in [-0.05, 0) is 23.3 Å². The molecule has 0 unspecified atom stereocenters. The van der Waals surface area contributed by atoms with Crippen molar-refractivity contribution < 1.29 is 4.74 Å². The molecule has 0 atom stereocenters. The minimum Gasteiger partial charge on any atom is -0.493 e. The number of unbranched alkanes of at least 4 members (excludes halogenated alkanes) is 5. The molecule has 1 nitrogen and oxygen atoms in total. The molecule has 101 valence electrons. The summed E-state index contributed by atoms with van der Waals surface area (Å²) < 4.78 is 5.77. The van der Waals surface area contributed by atoms with Crippen LogP contribution < -0.4 is 4.74 Å². The van der Waals surface area contributed by atoms with Gasteiger partial charge in [0.2, 0.25) is 0 Å². The van der Waals surface area contributed by atoms with Gasteiger partial charge in [0.1, 0.15) is 5.75 Å². The minimum absolute atomic E-state index is 0.807. The molecule has 0 heterocycles. The molecule has 0 fully saturated rings. The number of benzene rings is 2. The lowest BCUT2D eigenvalue weighted by atomic mass is 10.1. The van der Waals surface area contributed by atoms with Crippen LogP contribution in [-0.4, -0.2) is 6.61 Å². The van der Waals surface area contributed by atoms with Crippen molar-refractivity contribution in [1.82, 2.24) is 0 Å². The predicted molar refractivity (Wildman–Crippen MR) is 81.7 cm³/mol. The summed E-state index contributed by atoms with van der Waals surface area (Å²) in [5.74, 6) is 0.868. The Morgan fingerprint density at radius 3 is 2.58 bits per heavy atom. The molecule has 0 aromatic heterocycles. The van der Waals surface area contributed by atoms with Crippen molar-refractivity contribution >= 4 is 10.8 Å². The van der Waals surface area contributed by atoms with Crippen LogP contribution in [0, 0.1) is 6.07 Å². The Hall–Kier alpha value is -1.50. The van der Waals surface area contributed by atoms with E-state index in [0.29, 0.717) is 0 Å². The first kappa shape index (κ1) is 13.9. The number of hydrogen-bond acceptors (Lipinski definition) is 1. The van der Waals surface area contributed by atoms with E-state index >= 15 is 0 Å². The molecule has 0 saturated heterocycles. The normalized spacial score (nSPS) is 10.8. The van der Waals surface area contributed by atoms with E-state index < -0.39 is 0 Å². The van der Waals surface area contributed by atoms with E-state index in [4.69, 9.17) is 4.74 Å². The monoisotopic (exact) mass is 255 g/mol. The third-order valence-electron chi connectivity index (χ3n) is 3.39. The van der Waals surface area contributed by atoms with Crippen LogP contribution in [0.1, 0.15) is 45.4 Å². The van der Waals surface area contributed by atoms with E-state index in [0.717, 1.165) is 24.2 Å². The average molecular weight is 255 g/mol. The van der Waals surface area contributed by atoms with Crippen LogP contribution >= 0.6 is 0 Å². The molecule has 0 bridgehead atoms. The molecule has 0 aliphatic carbocycles. The molecule has 2 rings (SSSR count). The zero-order chi connectivity index (χ0) is 13.3. The van der Waals surface area contributed by atoms with Crippen molar-refractivity contribution in [2.24, 2.45) is 0 Å². The minimum atomic E-state index is 0.807. The van der Waals surface area contributed by atoms with Crippen molar-refractivity contribution in [2.45, 2.75) is 45.4 Å². The van der Waals surface area contributed by atoms with Gasteiger partial charge in [-0.15, -0.1) is 0 Å². The van der Waals surface area contributed by atoms with Crippen molar-refractivity contribution in [3.05, 3.63) is 42.5 Å². The summed E-state index contributed by atoms with van der Waals surface area (Å²) in [6.07, 6.45) is 7.77. The van der Waals surface area contributed by atoms with Gasteiger partial charge in [0.15, 0.2) is 0 Å². The van der Waals surface area contributed by atoms with Crippen LogP contribution in [0.15, 0.2) is 36.4 Å². The summed E-state index contributed by atoms with van der Waals surface area (Å²) in [6, 6.07) is 15.7. The average Bonchev–Trinajstić information content (AvgIpc) is 2.46. The first-order valence-corrected chi connectivity index (χ1v) is 7.44. The van der Waals surface area contributed by atoms with Crippen LogP contribution in [0.4, 0.5) is 0 Å². The Labute approximate surface area is 116 Å². The van der Waals surface area contributed by atoms with E-state index in [2.05, 4.69) is 31.2 Å². The first-order chi connectivity index (χ1) is 9.40. The van der Waals surface area contributed by atoms with Gasteiger partial charge in [-0.25, -0.2) is 0 Å². The highest BCUT2D eigenvalue weighted by molar-refractivity contribution is 5.83. The molecule has 0 saturated carbocycles. The molecule has 0 aliphatic heterocycles. The highest BCUT2D eigenvalue weighted by atomic mass is 16.5. The number of rotatable bonds is 8. The lowest BCUT2D eigenvalue weighted by Gasteiger charge is -2.06. The Balaban J connectivity index is 1.72. The topological polar surface area (TPSA) is 9.23 Å². The standard InChI is InChI=1S/C18H23O/c1-2-3-4-5-6-9-14-19-18-13-12-16-10-7-8-11-17(16)15-18/h7-8,10-13H,2-6,9,14H2,1H3. The Morgan fingerprint density at radius 2 is 1.68 bits per heavy atom. The second-order valence-corrected chi connectivity index (χ2v) is 5.03. The van der Waals surface area contributed by atoms with Gasteiger partial charge in [0.25, 0.3) is 0 Å². The van der Waals surface area contributed by atoms with Crippen molar-refractivity contribution in [1.29, 1.82) is 0 Å². The molecular formula is C18H23O. The van der Waals surface area contributed by atoms with Gasteiger partial charge in [-0.1, -0.05) is 69.4 Å². The Bertz CT molecular complexity index is 490. The maximum atomic E-state index is 5.77. The molecular weight excluding hydrogens is 232 g/mol. The molecule has 2 aromatic rings. The van der Waals surface area contributed by atoms with E-state index in [9.17, 15) is 0 Å². The molecule has 2 aromatic carbocycles. The summed E-state index contributed by atoms with van der Waals surface area (Å²) in [4.78, 5) is 0. The quantitative estimate of drug-likeness (QED) is 0.575. The fraction of sp³-hybridized carbons (Fsp3) is 0.444. The van der Waals surface area contributed by atoms with Gasteiger partial charge in [0, 0.05) is 6.07 Å². The molecule has 0 spiro atoms. The molecule has 0 aliphatic rings. The maximum Gasteiger partial charge on any atom is 0.127 e. The summed E-state index contributed by atoms with van der Waals surface area (Å²) in [5.41, 5.74) is 0. The van der Waals surface area contributed by atoms with Crippen LogP contribution in [0.2, 0.25) is 0 Å². The van der Waals surface area contributed by atoms with Gasteiger partial charge >= 0.3 is 0 Å². The van der Waals surface area contributed by atoms with Crippen LogP contribution in [0.3, 0.4) is 0 Å². The fourth-order valence-electron chi connectivity index (χ4n) is 2.24. The summed E-state index contributed by atoms with van der Waals surface area (Å²) in [6.45, 7) is 3.06. The van der Waals surface area contributed by atoms with E-state index in [-0.39, 0.29) is 0 Å². The van der Waals surface area contributed by atoms with Crippen molar-refractivity contribution in [3.8, 4) is 5.75 Å². The van der Waals surface area contributed by atoms with E-state index in [1.54, 1.807) is 0 Å². The van der Waals surface area contributed by atoms with Gasteiger partial charge in [-0.2, -0.15) is 0 Å². The molecule has 1 radical (unpaired) electrons. The molecule has 19 heavy (non-hydrogen) atoms. The lowest BCUT2D eigenvalue weighted by molar-refractivity contribution is 0.304. The van der Waals surface area contributed by atoms with Gasteiger partial charge in [0.05, 0.1) is 6.61 Å². The van der Waals surface area contributed by atoms with E-state index in [1.807, 2.05) is 18.2 Å². The summed E-state index contributed by atoms with van der Waals surface area (Å²) in [5, 5.41) is 2.34.